The molecule has 90 valence electrons. The van der Waals surface area contributed by atoms with Crippen LogP contribution in [-0.4, -0.2) is 30.9 Å². The van der Waals surface area contributed by atoms with Crippen LogP contribution in [0.25, 0.3) is 0 Å². The van der Waals surface area contributed by atoms with E-state index in [1.807, 2.05) is 19.9 Å². The van der Waals surface area contributed by atoms with Crippen molar-refractivity contribution in [2.24, 2.45) is 0 Å². The van der Waals surface area contributed by atoms with Crippen LogP contribution in [0.15, 0.2) is 11.2 Å². The topological polar surface area (TPSA) is 79.4 Å². The van der Waals surface area contributed by atoms with E-state index in [9.17, 15) is 0 Å². The highest BCUT2D eigenvalue weighted by atomic mass is 32.2. The van der Waals surface area contributed by atoms with Crippen LogP contribution >= 0.6 is 11.8 Å². The van der Waals surface area contributed by atoms with Gasteiger partial charge >= 0.3 is 0 Å². The maximum atomic E-state index is 4.27. The molecular formula is C10H14N6S. The molecule has 0 fully saturated rings. The van der Waals surface area contributed by atoms with Gasteiger partial charge in [0, 0.05) is 11.4 Å². The Labute approximate surface area is 104 Å². The van der Waals surface area contributed by atoms with Gasteiger partial charge in [-0.05, 0) is 25.7 Å². The third-order valence-corrected chi connectivity index (χ3v) is 2.68. The number of hydrogen-bond acceptors (Lipinski definition) is 6. The molecule has 0 aromatic carbocycles. The average Bonchev–Trinajstić information content (AvgIpc) is 2.64. The molecule has 17 heavy (non-hydrogen) atoms. The Balaban J connectivity index is 2.13. The lowest BCUT2D eigenvalue weighted by Gasteiger charge is -2.02. The quantitative estimate of drug-likeness (QED) is 0.809. The summed E-state index contributed by atoms with van der Waals surface area (Å²) in [5, 5.41) is 10.6. The minimum Gasteiger partial charge on any atom is -0.293 e. The van der Waals surface area contributed by atoms with Gasteiger partial charge in [-0.1, -0.05) is 18.7 Å². The molecule has 0 aliphatic carbocycles. The van der Waals surface area contributed by atoms with Gasteiger partial charge in [-0.25, -0.2) is 15.1 Å². The van der Waals surface area contributed by atoms with Gasteiger partial charge < -0.3 is 0 Å². The molecule has 0 amide bonds. The number of nitrogens with zero attached hydrogens (tertiary/aromatic N) is 4. The van der Waals surface area contributed by atoms with Gasteiger partial charge in [0.2, 0.25) is 17.1 Å². The molecular weight excluding hydrogens is 236 g/mol. The van der Waals surface area contributed by atoms with E-state index in [2.05, 4.69) is 37.4 Å². The van der Waals surface area contributed by atoms with E-state index in [4.69, 9.17) is 0 Å². The van der Waals surface area contributed by atoms with Gasteiger partial charge in [0.1, 0.15) is 0 Å². The number of aromatic nitrogens is 5. The Morgan fingerprint density at radius 2 is 1.94 bits per heavy atom. The van der Waals surface area contributed by atoms with Gasteiger partial charge in [-0.15, -0.1) is 5.10 Å². The molecule has 2 aromatic heterocycles. The molecule has 2 heterocycles. The highest BCUT2D eigenvalue weighted by Gasteiger charge is 2.05. The molecule has 6 nitrogen and oxygen atoms in total. The van der Waals surface area contributed by atoms with Crippen LogP contribution in [0.3, 0.4) is 0 Å². The SMILES string of the molecule is CCSc1n[nH]c(Nc2nc(C)cc(C)n2)n1. The second kappa shape index (κ2) is 5.13. The van der Waals surface area contributed by atoms with Crippen LogP contribution in [0.4, 0.5) is 11.9 Å². The molecule has 0 aliphatic rings. The van der Waals surface area contributed by atoms with Crippen LogP contribution in [0.5, 0.6) is 0 Å². The van der Waals surface area contributed by atoms with Gasteiger partial charge in [0.25, 0.3) is 0 Å². The predicted molar refractivity (Wildman–Crippen MR) is 67.6 cm³/mol. The Bertz CT molecular complexity index is 489. The summed E-state index contributed by atoms with van der Waals surface area (Å²) in [4.78, 5) is 12.8. The number of aromatic amines is 1. The fourth-order valence-electron chi connectivity index (χ4n) is 1.38. The average molecular weight is 250 g/mol. The minimum absolute atomic E-state index is 0.534. The number of H-pyrrole nitrogens is 1. The first-order valence-electron chi connectivity index (χ1n) is 5.32. The smallest absolute Gasteiger partial charge is 0.230 e. The second-order valence-corrected chi connectivity index (χ2v) is 4.73. The molecule has 2 rings (SSSR count). The molecule has 7 heteroatoms. The molecule has 0 saturated heterocycles. The maximum absolute atomic E-state index is 4.27. The zero-order valence-electron chi connectivity index (χ0n) is 9.98. The number of nitrogens with one attached hydrogen (secondary N) is 2. The maximum Gasteiger partial charge on any atom is 0.230 e. The summed E-state index contributed by atoms with van der Waals surface area (Å²) in [5.74, 6) is 2.04. The molecule has 0 unspecified atom stereocenters. The van der Waals surface area contributed by atoms with E-state index in [1.165, 1.54) is 0 Å². The third kappa shape index (κ3) is 3.16. The highest BCUT2D eigenvalue weighted by molar-refractivity contribution is 7.99. The van der Waals surface area contributed by atoms with Crippen LogP contribution in [0.2, 0.25) is 0 Å². The molecule has 2 aromatic rings. The van der Waals surface area contributed by atoms with Crippen molar-refractivity contribution in [2.75, 3.05) is 11.1 Å². The summed E-state index contributed by atoms with van der Waals surface area (Å²) in [6.07, 6.45) is 0. The molecule has 0 atom stereocenters. The Morgan fingerprint density at radius 3 is 2.59 bits per heavy atom. The van der Waals surface area contributed by atoms with Crippen molar-refractivity contribution in [1.82, 2.24) is 25.1 Å². The van der Waals surface area contributed by atoms with E-state index in [1.54, 1.807) is 11.8 Å². The van der Waals surface area contributed by atoms with Crippen LogP contribution in [0, 0.1) is 13.8 Å². The number of hydrogen-bond donors (Lipinski definition) is 2. The lowest BCUT2D eigenvalue weighted by molar-refractivity contribution is 0.973. The van der Waals surface area contributed by atoms with E-state index in [0.717, 1.165) is 22.3 Å². The van der Waals surface area contributed by atoms with Crippen molar-refractivity contribution in [3.05, 3.63) is 17.5 Å². The van der Waals surface area contributed by atoms with E-state index >= 15 is 0 Å². The lowest BCUT2D eigenvalue weighted by Crippen LogP contribution is -2.01. The fourth-order valence-corrected chi connectivity index (χ4v) is 1.91. The predicted octanol–water partition coefficient (Wildman–Crippen LogP) is 2.07. The van der Waals surface area contributed by atoms with Gasteiger partial charge in [-0.2, -0.15) is 4.98 Å². The first-order valence-corrected chi connectivity index (χ1v) is 6.30. The van der Waals surface area contributed by atoms with Gasteiger partial charge in [0.15, 0.2) is 0 Å². The van der Waals surface area contributed by atoms with Crippen LogP contribution in [0.1, 0.15) is 18.3 Å². The largest absolute Gasteiger partial charge is 0.293 e. The summed E-state index contributed by atoms with van der Waals surface area (Å²) < 4.78 is 0. The van der Waals surface area contributed by atoms with Crippen molar-refractivity contribution in [3.63, 3.8) is 0 Å². The molecule has 0 aliphatic heterocycles. The van der Waals surface area contributed by atoms with Crippen molar-refractivity contribution in [2.45, 2.75) is 25.9 Å². The van der Waals surface area contributed by atoms with E-state index < -0.39 is 0 Å². The Kier molecular flexibility index (Phi) is 3.58. The molecule has 0 saturated carbocycles. The molecule has 0 spiro atoms. The Morgan fingerprint density at radius 1 is 1.24 bits per heavy atom. The fraction of sp³-hybridized carbons (Fsp3) is 0.400. The van der Waals surface area contributed by atoms with Crippen LogP contribution in [-0.2, 0) is 0 Å². The van der Waals surface area contributed by atoms with Gasteiger partial charge in [-0.3, -0.25) is 5.32 Å². The number of aryl methyl sites for hydroxylation is 2. The summed E-state index contributed by atoms with van der Waals surface area (Å²) in [7, 11) is 0. The zero-order chi connectivity index (χ0) is 12.3. The number of rotatable bonds is 4. The highest BCUT2D eigenvalue weighted by Crippen LogP contribution is 2.15. The van der Waals surface area contributed by atoms with Crippen LogP contribution < -0.4 is 5.32 Å². The lowest BCUT2D eigenvalue weighted by atomic mass is 10.4. The van der Waals surface area contributed by atoms with Gasteiger partial charge in [0.05, 0.1) is 0 Å². The van der Waals surface area contributed by atoms with Crippen molar-refractivity contribution < 1.29 is 0 Å². The molecule has 0 radical (unpaired) electrons. The van der Waals surface area contributed by atoms with Crippen molar-refractivity contribution >= 4 is 23.7 Å². The van der Waals surface area contributed by atoms with Crippen molar-refractivity contribution in [1.29, 1.82) is 0 Å². The molecule has 0 bridgehead atoms. The zero-order valence-corrected chi connectivity index (χ0v) is 10.8. The monoisotopic (exact) mass is 250 g/mol. The summed E-state index contributed by atoms with van der Waals surface area (Å²) >= 11 is 1.58. The summed E-state index contributed by atoms with van der Waals surface area (Å²) in [5.41, 5.74) is 1.84. The standard InChI is InChI=1S/C10H14N6S/c1-4-17-10-14-9(15-16-10)13-8-11-6(2)5-7(3)12-8/h5H,4H2,1-3H3,(H2,11,12,13,14,15,16). The number of thioether (sulfide) groups is 1. The van der Waals surface area contributed by atoms with E-state index in [0.29, 0.717) is 11.9 Å². The van der Waals surface area contributed by atoms with Crippen molar-refractivity contribution in [3.8, 4) is 0 Å². The summed E-state index contributed by atoms with van der Waals surface area (Å²) in [6.45, 7) is 5.92. The second-order valence-electron chi connectivity index (χ2n) is 3.50. The third-order valence-electron chi connectivity index (χ3n) is 1.95. The molecule has 2 N–H and O–H groups in total. The summed E-state index contributed by atoms with van der Waals surface area (Å²) in [6, 6.07) is 1.92. The first-order chi connectivity index (χ1) is 8.17. The van der Waals surface area contributed by atoms with E-state index in [-0.39, 0.29) is 0 Å². The Hall–Kier alpha value is -1.63. The minimum atomic E-state index is 0.534. The number of anilines is 2. The normalized spacial score (nSPS) is 10.5. The first kappa shape index (κ1) is 11.8.